The van der Waals surface area contributed by atoms with Crippen molar-refractivity contribution in [1.29, 1.82) is 0 Å². The Morgan fingerprint density at radius 2 is 2.10 bits per heavy atom. The fraction of sp³-hybridized carbons (Fsp3) is 0.238. The second-order valence-electron chi connectivity index (χ2n) is 6.56. The Hall–Kier alpha value is -2.91. The van der Waals surface area contributed by atoms with Crippen LogP contribution in [0.2, 0.25) is 0 Å². The Kier molecular flexibility index (Phi) is 6.29. The van der Waals surface area contributed by atoms with Gasteiger partial charge < -0.3 is 15.4 Å². The van der Waals surface area contributed by atoms with Crippen LogP contribution in [0.15, 0.2) is 46.8 Å². The van der Waals surface area contributed by atoms with E-state index >= 15 is 0 Å². The number of para-hydroxylation sites is 2. The summed E-state index contributed by atoms with van der Waals surface area (Å²) >= 11 is 2.75. The van der Waals surface area contributed by atoms with Gasteiger partial charge in [-0.1, -0.05) is 35.2 Å². The summed E-state index contributed by atoms with van der Waals surface area (Å²) in [4.78, 5) is 24.1. The Bertz CT molecular complexity index is 1080. The summed E-state index contributed by atoms with van der Waals surface area (Å²) in [5.41, 5.74) is 3.26. The third-order valence-electron chi connectivity index (χ3n) is 4.48. The van der Waals surface area contributed by atoms with Crippen molar-refractivity contribution in [3.8, 4) is 5.75 Å². The topological polar surface area (TPSA) is 93.2 Å². The number of ketones is 1. The van der Waals surface area contributed by atoms with Crippen molar-refractivity contribution in [2.45, 2.75) is 24.1 Å². The van der Waals surface area contributed by atoms with Gasteiger partial charge in [-0.05, 0) is 49.2 Å². The normalized spacial score (nSPS) is 12.8. The number of carbonyl (C=O) groups is 2. The molecule has 30 heavy (non-hydrogen) atoms. The van der Waals surface area contributed by atoms with Crippen LogP contribution in [0.5, 0.6) is 5.75 Å². The molecule has 3 aromatic rings. The number of hydrogen-bond donors (Lipinski definition) is 2. The number of nitrogens with zero attached hydrogens (tertiary/aromatic N) is 2. The lowest BCUT2D eigenvalue weighted by Crippen LogP contribution is -2.19. The van der Waals surface area contributed by atoms with Gasteiger partial charge in [-0.25, -0.2) is 0 Å². The van der Waals surface area contributed by atoms with E-state index in [2.05, 4.69) is 20.8 Å². The van der Waals surface area contributed by atoms with Gasteiger partial charge in [0.1, 0.15) is 5.75 Å². The van der Waals surface area contributed by atoms with Gasteiger partial charge in [0, 0.05) is 17.7 Å². The maximum atomic E-state index is 12.6. The molecule has 154 valence electrons. The minimum atomic E-state index is 0.0155. The molecule has 2 heterocycles. The fourth-order valence-corrected chi connectivity index (χ4v) is 4.71. The molecule has 0 aliphatic carbocycles. The lowest BCUT2D eigenvalue weighted by atomic mass is 9.99. The number of Topliss-reactive ketones (excluding diaryl/α,β-unsaturated/α-hetero) is 1. The highest BCUT2D eigenvalue weighted by atomic mass is 32.2. The number of aromatic nitrogens is 2. The number of fused-ring (bicyclic) bond motifs is 1. The highest BCUT2D eigenvalue weighted by Gasteiger charge is 2.17. The molecule has 0 saturated heterocycles. The highest BCUT2D eigenvalue weighted by molar-refractivity contribution is 8.01. The molecule has 7 nitrogen and oxygen atoms in total. The van der Waals surface area contributed by atoms with Crippen LogP contribution in [0, 0.1) is 0 Å². The molecule has 0 atom stereocenters. The standard InChI is InChI=1S/C21H20N4O3S2/c1-2-28-18-6-4-3-5-16(18)23-20-24-25-21(30-20)29-12-17(26)14-7-9-15-13(11-14)8-10-19(27)22-15/h3-7,9,11H,2,8,10,12H2,1H3,(H,22,27)(H,23,24). The number of thioether (sulfide) groups is 1. The van der Waals surface area contributed by atoms with E-state index in [1.807, 2.05) is 37.3 Å². The van der Waals surface area contributed by atoms with Crippen molar-refractivity contribution in [1.82, 2.24) is 10.2 Å². The number of nitrogens with one attached hydrogen (secondary N) is 2. The molecular weight excluding hydrogens is 420 g/mol. The van der Waals surface area contributed by atoms with E-state index in [-0.39, 0.29) is 17.4 Å². The van der Waals surface area contributed by atoms with Gasteiger partial charge >= 0.3 is 0 Å². The van der Waals surface area contributed by atoms with E-state index in [0.717, 1.165) is 22.7 Å². The van der Waals surface area contributed by atoms with E-state index in [4.69, 9.17) is 4.74 Å². The number of anilines is 3. The Morgan fingerprint density at radius 3 is 2.97 bits per heavy atom. The summed E-state index contributed by atoms with van der Waals surface area (Å²) in [5.74, 6) is 1.06. The van der Waals surface area contributed by atoms with Gasteiger partial charge in [-0.15, -0.1) is 10.2 Å². The quantitative estimate of drug-likeness (QED) is 0.392. The summed E-state index contributed by atoms with van der Waals surface area (Å²) in [6.45, 7) is 2.51. The van der Waals surface area contributed by atoms with E-state index in [9.17, 15) is 9.59 Å². The first-order chi connectivity index (χ1) is 14.6. The second kappa shape index (κ2) is 9.27. The number of benzene rings is 2. The van der Waals surface area contributed by atoms with E-state index in [1.165, 1.54) is 23.1 Å². The summed E-state index contributed by atoms with van der Waals surface area (Å²) in [5, 5.41) is 15.0. The van der Waals surface area contributed by atoms with Crippen LogP contribution in [0.25, 0.3) is 0 Å². The van der Waals surface area contributed by atoms with Crippen molar-refractivity contribution < 1.29 is 14.3 Å². The minimum Gasteiger partial charge on any atom is -0.492 e. The van der Waals surface area contributed by atoms with Crippen LogP contribution >= 0.6 is 23.1 Å². The number of carbonyl (C=O) groups excluding carboxylic acids is 2. The molecule has 0 unspecified atom stereocenters. The molecule has 2 N–H and O–H groups in total. The average molecular weight is 441 g/mol. The minimum absolute atomic E-state index is 0.0155. The predicted molar refractivity (Wildman–Crippen MR) is 119 cm³/mol. The predicted octanol–water partition coefficient (Wildman–Crippen LogP) is 4.54. The van der Waals surface area contributed by atoms with Crippen molar-refractivity contribution in [3.05, 3.63) is 53.6 Å². The SMILES string of the molecule is CCOc1ccccc1Nc1nnc(SCC(=O)c2ccc3c(c2)CCC(=O)N3)s1. The zero-order valence-corrected chi connectivity index (χ0v) is 17.9. The Balaban J connectivity index is 1.37. The molecule has 1 aliphatic rings. The molecule has 4 rings (SSSR count). The summed E-state index contributed by atoms with van der Waals surface area (Å²) in [6.07, 6.45) is 1.11. The lowest BCUT2D eigenvalue weighted by Gasteiger charge is -2.17. The molecule has 0 spiro atoms. The molecule has 2 aromatic carbocycles. The van der Waals surface area contributed by atoms with Crippen LogP contribution in [0.4, 0.5) is 16.5 Å². The summed E-state index contributed by atoms with van der Waals surface area (Å²) < 4.78 is 6.32. The molecule has 1 aliphatic heterocycles. The van der Waals surface area contributed by atoms with Gasteiger partial charge in [0.2, 0.25) is 11.0 Å². The maximum absolute atomic E-state index is 12.6. The number of hydrogen-bond acceptors (Lipinski definition) is 8. The number of rotatable bonds is 8. The molecule has 0 fully saturated rings. The smallest absolute Gasteiger partial charge is 0.224 e. The van der Waals surface area contributed by atoms with Gasteiger partial charge in [-0.2, -0.15) is 0 Å². The molecule has 0 saturated carbocycles. The summed E-state index contributed by atoms with van der Waals surface area (Å²) in [7, 11) is 0. The Labute approximate surface area is 182 Å². The molecule has 1 aromatic heterocycles. The van der Waals surface area contributed by atoms with Crippen LogP contribution in [-0.4, -0.2) is 34.2 Å². The lowest BCUT2D eigenvalue weighted by molar-refractivity contribution is -0.116. The van der Waals surface area contributed by atoms with E-state index in [1.54, 1.807) is 12.1 Å². The van der Waals surface area contributed by atoms with Crippen LogP contribution in [-0.2, 0) is 11.2 Å². The second-order valence-corrected chi connectivity index (χ2v) is 8.76. The van der Waals surface area contributed by atoms with Crippen LogP contribution < -0.4 is 15.4 Å². The van der Waals surface area contributed by atoms with Crippen LogP contribution in [0.1, 0.15) is 29.3 Å². The first kappa shape index (κ1) is 20.4. The molecule has 1 amide bonds. The maximum Gasteiger partial charge on any atom is 0.224 e. The first-order valence-corrected chi connectivity index (χ1v) is 11.3. The zero-order chi connectivity index (χ0) is 20.9. The van der Waals surface area contributed by atoms with Gasteiger partial charge in [0.15, 0.2) is 10.1 Å². The molecule has 0 bridgehead atoms. The molecular formula is C21H20N4O3S2. The van der Waals surface area contributed by atoms with Gasteiger partial charge in [0.25, 0.3) is 0 Å². The van der Waals surface area contributed by atoms with Crippen molar-refractivity contribution >= 4 is 51.3 Å². The fourth-order valence-electron chi connectivity index (χ4n) is 3.05. The third-order valence-corrected chi connectivity index (χ3v) is 6.46. The van der Waals surface area contributed by atoms with Crippen molar-refractivity contribution in [2.75, 3.05) is 23.0 Å². The number of amides is 1. The molecule has 9 heteroatoms. The largest absolute Gasteiger partial charge is 0.492 e. The molecule has 0 radical (unpaired) electrons. The highest BCUT2D eigenvalue weighted by Crippen LogP contribution is 2.32. The Morgan fingerprint density at radius 1 is 1.23 bits per heavy atom. The first-order valence-electron chi connectivity index (χ1n) is 9.53. The van der Waals surface area contributed by atoms with Crippen molar-refractivity contribution in [3.63, 3.8) is 0 Å². The van der Waals surface area contributed by atoms with Crippen molar-refractivity contribution in [2.24, 2.45) is 0 Å². The number of aryl methyl sites for hydroxylation is 1. The van der Waals surface area contributed by atoms with E-state index < -0.39 is 0 Å². The monoisotopic (exact) mass is 440 g/mol. The van der Waals surface area contributed by atoms with Gasteiger partial charge in [0.05, 0.1) is 18.0 Å². The summed E-state index contributed by atoms with van der Waals surface area (Å²) in [6, 6.07) is 13.1. The third kappa shape index (κ3) is 4.80. The van der Waals surface area contributed by atoms with E-state index in [0.29, 0.717) is 34.5 Å². The zero-order valence-electron chi connectivity index (χ0n) is 16.3. The average Bonchev–Trinajstić information content (AvgIpc) is 3.20. The number of ether oxygens (including phenoxy) is 1. The van der Waals surface area contributed by atoms with Crippen LogP contribution in [0.3, 0.4) is 0 Å². The van der Waals surface area contributed by atoms with Gasteiger partial charge in [-0.3, -0.25) is 9.59 Å².